The average molecular weight is 259 g/mol. The van der Waals surface area contributed by atoms with E-state index in [9.17, 15) is 0 Å². The van der Waals surface area contributed by atoms with Crippen LogP contribution in [0.2, 0.25) is 0 Å². The minimum Gasteiger partial charge on any atom is -0.494 e. The standard InChI is InChI=1S/C15H21N3O/c1-4-5-10-19-14-8-6-13(7-9-14)15-17-16-11-18(15)12(2)3/h6-9,11-12H,4-5,10H2,1-3H3. The van der Waals surface area contributed by atoms with Crippen molar-refractivity contribution in [3.8, 4) is 17.1 Å². The zero-order valence-corrected chi connectivity index (χ0v) is 11.8. The molecule has 4 heteroatoms. The van der Waals surface area contributed by atoms with E-state index in [4.69, 9.17) is 4.74 Å². The van der Waals surface area contributed by atoms with E-state index >= 15 is 0 Å². The van der Waals surface area contributed by atoms with E-state index in [1.165, 1.54) is 0 Å². The van der Waals surface area contributed by atoms with Crippen LogP contribution < -0.4 is 4.74 Å². The Labute approximate surface area is 114 Å². The lowest BCUT2D eigenvalue weighted by atomic mass is 10.2. The summed E-state index contributed by atoms with van der Waals surface area (Å²) in [7, 11) is 0. The van der Waals surface area contributed by atoms with Crippen LogP contribution >= 0.6 is 0 Å². The Morgan fingerprint density at radius 3 is 2.58 bits per heavy atom. The summed E-state index contributed by atoms with van der Waals surface area (Å²) in [5.74, 6) is 1.81. The molecule has 19 heavy (non-hydrogen) atoms. The lowest BCUT2D eigenvalue weighted by Crippen LogP contribution is -2.02. The minimum absolute atomic E-state index is 0.352. The topological polar surface area (TPSA) is 39.9 Å². The first-order chi connectivity index (χ1) is 9.22. The molecule has 102 valence electrons. The van der Waals surface area contributed by atoms with Gasteiger partial charge in [-0.15, -0.1) is 10.2 Å². The van der Waals surface area contributed by atoms with Crippen LogP contribution in [0.3, 0.4) is 0 Å². The maximum absolute atomic E-state index is 5.65. The summed E-state index contributed by atoms with van der Waals surface area (Å²) in [6.07, 6.45) is 4.00. The summed E-state index contributed by atoms with van der Waals surface area (Å²) in [6.45, 7) is 7.17. The quantitative estimate of drug-likeness (QED) is 0.742. The lowest BCUT2D eigenvalue weighted by molar-refractivity contribution is 0.309. The minimum atomic E-state index is 0.352. The van der Waals surface area contributed by atoms with E-state index in [0.29, 0.717) is 6.04 Å². The van der Waals surface area contributed by atoms with Crippen molar-refractivity contribution >= 4 is 0 Å². The maximum Gasteiger partial charge on any atom is 0.163 e. The zero-order chi connectivity index (χ0) is 13.7. The van der Waals surface area contributed by atoms with Crippen molar-refractivity contribution in [2.45, 2.75) is 39.7 Å². The molecule has 0 unspecified atom stereocenters. The summed E-state index contributed by atoms with van der Waals surface area (Å²) in [4.78, 5) is 0. The van der Waals surface area contributed by atoms with Gasteiger partial charge in [-0.3, -0.25) is 0 Å². The number of benzene rings is 1. The van der Waals surface area contributed by atoms with Crippen molar-refractivity contribution in [3.63, 3.8) is 0 Å². The molecular formula is C15H21N3O. The van der Waals surface area contributed by atoms with Gasteiger partial charge >= 0.3 is 0 Å². The monoisotopic (exact) mass is 259 g/mol. The number of rotatable bonds is 6. The number of aromatic nitrogens is 3. The van der Waals surface area contributed by atoms with Gasteiger partial charge in [-0.2, -0.15) is 0 Å². The normalized spacial score (nSPS) is 10.9. The van der Waals surface area contributed by atoms with Gasteiger partial charge in [0, 0.05) is 11.6 Å². The fraction of sp³-hybridized carbons (Fsp3) is 0.467. The Morgan fingerprint density at radius 1 is 1.21 bits per heavy atom. The van der Waals surface area contributed by atoms with Crippen molar-refractivity contribution < 1.29 is 4.74 Å². The van der Waals surface area contributed by atoms with Crippen LogP contribution in [0.4, 0.5) is 0 Å². The molecule has 0 spiro atoms. The fourth-order valence-electron chi connectivity index (χ4n) is 1.86. The van der Waals surface area contributed by atoms with Crippen LogP contribution in [0, 0.1) is 0 Å². The van der Waals surface area contributed by atoms with Crippen LogP contribution in [0.1, 0.15) is 39.7 Å². The summed E-state index contributed by atoms with van der Waals surface area (Å²) in [6, 6.07) is 8.40. The molecule has 1 heterocycles. The van der Waals surface area contributed by atoms with Crippen molar-refractivity contribution in [1.82, 2.24) is 14.8 Å². The fourth-order valence-corrected chi connectivity index (χ4v) is 1.86. The zero-order valence-electron chi connectivity index (χ0n) is 11.8. The van der Waals surface area contributed by atoms with E-state index in [0.717, 1.165) is 36.6 Å². The third-order valence-corrected chi connectivity index (χ3v) is 3.01. The first kappa shape index (κ1) is 13.6. The molecule has 2 rings (SSSR count). The maximum atomic E-state index is 5.65. The summed E-state index contributed by atoms with van der Waals surface area (Å²) in [5, 5.41) is 8.17. The van der Waals surface area contributed by atoms with E-state index in [-0.39, 0.29) is 0 Å². The van der Waals surface area contributed by atoms with Gasteiger partial charge in [-0.25, -0.2) is 0 Å². The highest BCUT2D eigenvalue weighted by Gasteiger charge is 2.09. The predicted octanol–water partition coefficient (Wildman–Crippen LogP) is 3.70. The van der Waals surface area contributed by atoms with Gasteiger partial charge < -0.3 is 9.30 Å². The van der Waals surface area contributed by atoms with Gasteiger partial charge in [-0.05, 0) is 44.5 Å². The molecule has 0 aliphatic heterocycles. The van der Waals surface area contributed by atoms with E-state index in [1.807, 2.05) is 24.3 Å². The van der Waals surface area contributed by atoms with E-state index < -0.39 is 0 Å². The van der Waals surface area contributed by atoms with Gasteiger partial charge in [0.1, 0.15) is 12.1 Å². The second-order valence-electron chi connectivity index (χ2n) is 4.88. The van der Waals surface area contributed by atoms with Crippen molar-refractivity contribution in [2.75, 3.05) is 6.61 Å². The van der Waals surface area contributed by atoms with Gasteiger partial charge in [-0.1, -0.05) is 13.3 Å². The van der Waals surface area contributed by atoms with Crippen LogP contribution in [0.25, 0.3) is 11.4 Å². The number of hydrogen-bond acceptors (Lipinski definition) is 3. The second-order valence-corrected chi connectivity index (χ2v) is 4.88. The van der Waals surface area contributed by atoms with Gasteiger partial charge in [0.15, 0.2) is 5.82 Å². The molecule has 0 saturated carbocycles. The second kappa shape index (κ2) is 6.36. The molecule has 1 aromatic heterocycles. The molecule has 0 amide bonds. The Morgan fingerprint density at radius 2 is 1.95 bits per heavy atom. The van der Waals surface area contributed by atoms with Crippen molar-refractivity contribution in [2.24, 2.45) is 0 Å². The number of nitrogens with zero attached hydrogens (tertiary/aromatic N) is 3. The van der Waals surface area contributed by atoms with Crippen LogP contribution in [-0.2, 0) is 0 Å². The Kier molecular flexibility index (Phi) is 4.55. The third kappa shape index (κ3) is 3.34. The Hall–Kier alpha value is -1.84. The molecule has 4 nitrogen and oxygen atoms in total. The summed E-state index contributed by atoms with van der Waals surface area (Å²) >= 11 is 0. The highest BCUT2D eigenvalue weighted by Crippen LogP contribution is 2.22. The number of ether oxygens (including phenoxy) is 1. The molecule has 0 N–H and O–H groups in total. The highest BCUT2D eigenvalue weighted by atomic mass is 16.5. The van der Waals surface area contributed by atoms with Crippen LogP contribution in [0.5, 0.6) is 5.75 Å². The molecule has 0 radical (unpaired) electrons. The van der Waals surface area contributed by atoms with Gasteiger partial charge in [0.25, 0.3) is 0 Å². The smallest absolute Gasteiger partial charge is 0.163 e. The SMILES string of the molecule is CCCCOc1ccc(-c2nncn2C(C)C)cc1. The molecule has 1 aromatic carbocycles. The Balaban J connectivity index is 2.11. The third-order valence-electron chi connectivity index (χ3n) is 3.01. The van der Waals surface area contributed by atoms with Crippen molar-refractivity contribution in [1.29, 1.82) is 0 Å². The van der Waals surface area contributed by atoms with Gasteiger partial charge in [0.05, 0.1) is 6.61 Å². The molecule has 0 aliphatic carbocycles. The predicted molar refractivity (Wildman–Crippen MR) is 76.2 cm³/mol. The van der Waals surface area contributed by atoms with Crippen LogP contribution in [-0.4, -0.2) is 21.4 Å². The number of hydrogen-bond donors (Lipinski definition) is 0. The Bertz CT molecular complexity index is 502. The molecule has 0 bridgehead atoms. The van der Waals surface area contributed by atoms with Crippen LogP contribution in [0.15, 0.2) is 30.6 Å². The average Bonchev–Trinajstić information content (AvgIpc) is 2.89. The lowest BCUT2D eigenvalue weighted by Gasteiger charge is -2.10. The molecule has 0 saturated heterocycles. The summed E-state index contributed by atoms with van der Waals surface area (Å²) < 4.78 is 7.72. The molecule has 2 aromatic rings. The largest absolute Gasteiger partial charge is 0.494 e. The van der Waals surface area contributed by atoms with Gasteiger partial charge in [0.2, 0.25) is 0 Å². The first-order valence-electron chi connectivity index (χ1n) is 6.85. The summed E-state index contributed by atoms with van der Waals surface area (Å²) in [5.41, 5.74) is 1.06. The molecular weight excluding hydrogens is 238 g/mol. The van der Waals surface area contributed by atoms with E-state index in [2.05, 4.69) is 35.5 Å². The molecule has 0 atom stereocenters. The van der Waals surface area contributed by atoms with Crippen molar-refractivity contribution in [3.05, 3.63) is 30.6 Å². The van der Waals surface area contributed by atoms with E-state index in [1.54, 1.807) is 6.33 Å². The number of unbranched alkanes of at least 4 members (excludes halogenated alkanes) is 1. The molecule has 0 fully saturated rings. The molecule has 0 aliphatic rings. The highest BCUT2D eigenvalue weighted by molar-refractivity contribution is 5.56. The first-order valence-corrected chi connectivity index (χ1v) is 6.85.